The fourth-order valence-electron chi connectivity index (χ4n) is 2.37. The predicted octanol–water partition coefficient (Wildman–Crippen LogP) is 3.65. The molecule has 2 rings (SSSR count). The van der Waals surface area contributed by atoms with Gasteiger partial charge in [0, 0.05) is 17.0 Å². The van der Waals surface area contributed by atoms with Gasteiger partial charge in [-0.2, -0.15) is 0 Å². The van der Waals surface area contributed by atoms with Crippen LogP contribution in [0, 0.1) is 5.92 Å². The van der Waals surface area contributed by atoms with Gasteiger partial charge in [0.15, 0.2) is 12.4 Å². The molecule has 0 saturated heterocycles. The highest BCUT2D eigenvalue weighted by Gasteiger charge is 2.19. The lowest BCUT2D eigenvalue weighted by molar-refractivity contribution is -0.143. The van der Waals surface area contributed by atoms with Gasteiger partial charge < -0.3 is 4.74 Å². The fraction of sp³-hybridized carbons (Fsp3) is 0.467. The van der Waals surface area contributed by atoms with Gasteiger partial charge in [-0.25, -0.2) is 0 Å². The molecule has 0 aliphatic heterocycles. The minimum Gasteiger partial charge on any atom is -0.457 e. The molecule has 1 aromatic rings. The zero-order valence-electron chi connectivity index (χ0n) is 10.7. The average Bonchev–Trinajstić information content (AvgIpc) is 2.89. The van der Waals surface area contributed by atoms with E-state index in [1.54, 1.807) is 24.3 Å². The van der Waals surface area contributed by atoms with E-state index in [0.717, 1.165) is 12.8 Å². The van der Waals surface area contributed by atoms with Crippen LogP contribution in [0.15, 0.2) is 24.3 Å². The van der Waals surface area contributed by atoms with Crippen LogP contribution in [0.1, 0.15) is 42.5 Å². The number of ketones is 1. The maximum absolute atomic E-state index is 11.8. The minimum atomic E-state index is -0.269. The summed E-state index contributed by atoms with van der Waals surface area (Å²) in [5.74, 6) is -0.0243. The molecule has 102 valence electrons. The van der Waals surface area contributed by atoms with E-state index in [1.807, 2.05) is 0 Å². The van der Waals surface area contributed by atoms with Crippen LogP contribution in [0.2, 0.25) is 5.02 Å². The van der Waals surface area contributed by atoms with Gasteiger partial charge in [-0.1, -0.05) is 24.4 Å². The molecule has 0 aromatic heterocycles. The van der Waals surface area contributed by atoms with E-state index < -0.39 is 0 Å². The number of esters is 1. The Labute approximate surface area is 117 Å². The first-order valence-corrected chi connectivity index (χ1v) is 6.97. The summed E-state index contributed by atoms with van der Waals surface area (Å²) in [7, 11) is 0. The number of carbonyl (C=O) groups excluding carboxylic acids is 2. The second kappa shape index (κ2) is 6.71. The van der Waals surface area contributed by atoms with Crippen LogP contribution in [0.3, 0.4) is 0 Å². The van der Waals surface area contributed by atoms with Crippen LogP contribution >= 0.6 is 11.6 Å². The zero-order valence-corrected chi connectivity index (χ0v) is 11.5. The minimum absolute atomic E-state index is 0.187. The van der Waals surface area contributed by atoms with Gasteiger partial charge in [-0.05, 0) is 43.0 Å². The van der Waals surface area contributed by atoms with Gasteiger partial charge in [-0.15, -0.1) is 0 Å². The molecule has 0 spiro atoms. The largest absolute Gasteiger partial charge is 0.457 e. The van der Waals surface area contributed by atoms with Crippen molar-refractivity contribution in [2.45, 2.75) is 32.1 Å². The summed E-state index contributed by atoms with van der Waals surface area (Å²) in [5.41, 5.74) is 0.512. The maximum atomic E-state index is 11.8. The third kappa shape index (κ3) is 4.35. The highest BCUT2D eigenvalue weighted by molar-refractivity contribution is 6.30. The van der Waals surface area contributed by atoms with Crippen LogP contribution < -0.4 is 0 Å². The molecule has 0 amide bonds. The Morgan fingerprint density at radius 2 is 1.79 bits per heavy atom. The Balaban J connectivity index is 1.76. The van der Waals surface area contributed by atoms with Crippen molar-refractivity contribution in [1.29, 1.82) is 0 Å². The lowest BCUT2D eigenvalue weighted by Crippen LogP contribution is -2.16. The number of hydrogen-bond acceptors (Lipinski definition) is 3. The molecule has 1 aromatic carbocycles. The highest BCUT2D eigenvalue weighted by Crippen LogP contribution is 2.27. The maximum Gasteiger partial charge on any atom is 0.306 e. The van der Waals surface area contributed by atoms with Gasteiger partial charge in [-0.3, -0.25) is 9.59 Å². The average molecular weight is 281 g/mol. The van der Waals surface area contributed by atoms with Gasteiger partial charge in [0.05, 0.1) is 0 Å². The molecular formula is C15H17ClO3. The molecule has 0 radical (unpaired) electrons. The van der Waals surface area contributed by atoms with E-state index in [4.69, 9.17) is 16.3 Å². The van der Waals surface area contributed by atoms with E-state index in [-0.39, 0.29) is 18.4 Å². The molecule has 1 aliphatic rings. The summed E-state index contributed by atoms with van der Waals surface area (Å²) in [4.78, 5) is 23.4. The van der Waals surface area contributed by atoms with Gasteiger partial charge in [0.25, 0.3) is 0 Å². The van der Waals surface area contributed by atoms with Crippen molar-refractivity contribution in [2.24, 2.45) is 5.92 Å². The number of ether oxygens (including phenoxy) is 1. The van der Waals surface area contributed by atoms with Gasteiger partial charge in [0.2, 0.25) is 0 Å². The molecule has 4 heteroatoms. The van der Waals surface area contributed by atoms with E-state index in [9.17, 15) is 9.59 Å². The van der Waals surface area contributed by atoms with E-state index in [1.165, 1.54) is 12.8 Å². The summed E-state index contributed by atoms with van der Waals surface area (Å²) >= 11 is 5.74. The first-order chi connectivity index (χ1) is 9.15. The fourth-order valence-corrected chi connectivity index (χ4v) is 2.50. The normalized spacial score (nSPS) is 15.4. The SMILES string of the molecule is O=C(CC1CCCC1)OCC(=O)c1ccc(Cl)cc1. The summed E-state index contributed by atoms with van der Waals surface area (Å²) in [6, 6.07) is 6.56. The van der Waals surface area contributed by atoms with Crippen molar-refractivity contribution in [2.75, 3.05) is 6.61 Å². The van der Waals surface area contributed by atoms with Crippen LogP contribution in [-0.2, 0) is 9.53 Å². The molecular weight excluding hydrogens is 264 g/mol. The van der Waals surface area contributed by atoms with E-state index >= 15 is 0 Å². The summed E-state index contributed by atoms with van der Waals surface area (Å²) in [6.07, 6.45) is 5.03. The Hall–Kier alpha value is -1.35. The van der Waals surface area contributed by atoms with Crippen molar-refractivity contribution in [3.05, 3.63) is 34.9 Å². The standard InChI is InChI=1S/C15H17ClO3/c16-13-7-5-12(6-8-13)14(17)10-19-15(18)9-11-3-1-2-4-11/h5-8,11H,1-4,9-10H2. The first kappa shape index (κ1) is 14.1. The molecule has 1 saturated carbocycles. The van der Waals surface area contributed by atoms with Crippen molar-refractivity contribution in [1.82, 2.24) is 0 Å². The van der Waals surface area contributed by atoms with Crippen molar-refractivity contribution < 1.29 is 14.3 Å². The number of rotatable bonds is 5. The Bertz CT molecular complexity index is 447. The van der Waals surface area contributed by atoms with Gasteiger partial charge >= 0.3 is 5.97 Å². The molecule has 0 unspecified atom stereocenters. The van der Waals surface area contributed by atoms with Crippen LogP contribution in [0.4, 0.5) is 0 Å². The second-order valence-corrected chi connectivity index (χ2v) is 5.38. The summed E-state index contributed by atoms with van der Waals surface area (Å²) in [6.45, 7) is -0.187. The number of Topliss-reactive ketones (excluding diaryl/α,β-unsaturated/α-hetero) is 1. The molecule has 0 heterocycles. The van der Waals surface area contributed by atoms with Gasteiger partial charge in [0.1, 0.15) is 0 Å². The molecule has 1 fully saturated rings. The number of halogens is 1. The molecule has 19 heavy (non-hydrogen) atoms. The number of carbonyl (C=O) groups is 2. The van der Waals surface area contributed by atoms with Crippen LogP contribution in [-0.4, -0.2) is 18.4 Å². The molecule has 0 bridgehead atoms. The van der Waals surface area contributed by atoms with Crippen molar-refractivity contribution in [3.8, 4) is 0 Å². The third-order valence-electron chi connectivity index (χ3n) is 3.46. The smallest absolute Gasteiger partial charge is 0.306 e. The Morgan fingerprint density at radius 1 is 1.16 bits per heavy atom. The van der Waals surface area contributed by atoms with E-state index in [0.29, 0.717) is 22.9 Å². The summed E-state index contributed by atoms with van der Waals surface area (Å²) in [5, 5.41) is 0.578. The van der Waals surface area contributed by atoms with E-state index in [2.05, 4.69) is 0 Å². The predicted molar refractivity (Wildman–Crippen MR) is 73.3 cm³/mol. The lowest BCUT2D eigenvalue weighted by Gasteiger charge is -2.08. The van der Waals surface area contributed by atoms with Crippen molar-refractivity contribution >= 4 is 23.4 Å². The Kier molecular flexibility index (Phi) is 4.97. The highest BCUT2D eigenvalue weighted by atomic mass is 35.5. The lowest BCUT2D eigenvalue weighted by atomic mass is 10.0. The second-order valence-electron chi connectivity index (χ2n) is 4.95. The van der Waals surface area contributed by atoms with Crippen molar-refractivity contribution in [3.63, 3.8) is 0 Å². The number of hydrogen-bond donors (Lipinski definition) is 0. The first-order valence-electron chi connectivity index (χ1n) is 6.59. The third-order valence-corrected chi connectivity index (χ3v) is 3.71. The van der Waals surface area contributed by atoms with Crippen LogP contribution in [0.25, 0.3) is 0 Å². The molecule has 0 atom stereocenters. The topological polar surface area (TPSA) is 43.4 Å². The zero-order chi connectivity index (χ0) is 13.7. The molecule has 3 nitrogen and oxygen atoms in total. The van der Waals surface area contributed by atoms with Crippen LogP contribution in [0.5, 0.6) is 0 Å². The number of benzene rings is 1. The molecule has 0 N–H and O–H groups in total. The Morgan fingerprint density at radius 3 is 2.42 bits per heavy atom. The quantitative estimate of drug-likeness (QED) is 0.611. The monoisotopic (exact) mass is 280 g/mol. The summed E-state index contributed by atoms with van der Waals surface area (Å²) < 4.78 is 5.03. The molecule has 1 aliphatic carbocycles.